The normalized spacial score (nSPS) is 12.5. The number of ether oxygens (including phenoxy) is 1. The fraction of sp³-hybridized carbons (Fsp3) is 0.200. The van der Waals surface area contributed by atoms with Crippen LogP contribution in [0.3, 0.4) is 0 Å². The molecule has 0 aliphatic rings. The predicted molar refractivity (Wildman–Crippen MR) is 113 cm³/mol. The van der Waals surface area contributed by atoms with Crippen molar-refractivity contribution in [2.75, 3.05) is 12.8 Å². The fourth-order valence-corrected chi connectivity index (χ4v) is 4.17. The topological polar surface area (TPSA) is 130 Å². The molecule has 1 aromatic heterocycles. The number of rotatable bonds is 6. The molecule has 4 N–H and O–H groups in total. The van der Waals surface area contributed by atoms with Crippen molar-refractivity contribution in [2.45, 2.75) is 19.1 Å². The van der Waals surface area contributed by atoms with Crippen molar-refractivity contribution in [2.24, 2.45) is 5.73 Å². The highest BCUT2D eigenvalue weighted by Gasteiger charge is 2.25. The number of carbonyl (C=O) groups is 1. The summed E-state index contributed by atoms with van der Waals surface area (Å²) in [4.78, 5) is 15.7. The molecule has 0 saturated carbocycles. The second-order valence-electron chi connectivity index (χ2n) is 6.84. The van der Waals surface area contributed by atoms with Gasteiger partial charge in [0.2, 0.25) is 21.9 Å². The van der Waals surface area contributed by atoms with Crippen LogP contribution in [-0.2, 0) is 14.8 Å². The lowest BCUT2D eigenvalue weighted by molar-refractivity contribution is -0.113. The van der Waals surface area contributed by atoms with Crippen LogP contribution in [0, 0.1) is 5.82 Å². The third kappa shape index (κ3) is 3.73. The Hall–Kier alpha value is -3.40. The number of imidazole rings is 1. The van der Waals surface area contributed by atoms with Crippen molar-refractivity contribution in [3.8, 4) is 5.75 Å². The molecule has 2 aromatic carbocycles. The number of primary amides is 1. The number of aromatic nitrogens is 2. The lowest BCUT2D eigenvalue weighted by Gasteiger charge is -2.13. The van der Waals surface area contributed by atoms with Crippen LogP contribution in [0.5, 0.6) is 5.75 Å². The Balaban J connectivity index is 2.27. The highest BCUT2D eigenvalue weighted by Crippen LogP contribution is 2.31. The van der Waals surface area contributed by atoms with Gasteiger partial charge in [-0.05, 0) is 54.8 Å². The predicted octanol–water partition coefficient (Wildman–Crippen LogP) is 2.27. The quantitative estimate of drug-likeness (QED) is 0.575. The van der Waals surface area contributed by atoms with E-state index in [0.717, 1.165) is 10.0 Å². The van der Waals surface area contributed by atoms with Crippen molar-refractivity contribution < 1.29 is 22.3 Å². The maximum Gasteiger partial charge on any atom is 0.244 e. The molecule has 0 bridgehead atoms. The molecular weight excluding hydrogens is 411 g/mol. The smallest absolute Gasteiger partial charge is 0.244 e. The largest absolute Gasteiger partial charge is 0.494 e. The Kier molecular flexibility index (Phi) is 5.53. The summed E-state index contributed by atoms with van der Waals surface area (Å²) in [5.41, 5.74) is 12.9. The van der Waals surface area contributed by atoms with Gasteiger partial charge in [0.25, 0.3) is 0 Å². The van der Waals surface area contributed by atoms with Gasteiger partial charge in [-0.2, -0.15) is 0 Å². The van der Waals surface area contributed by atoms with Gasteiger partial charge in [0.05, 0.1) is 23.4 Å². The molecule has 30 heavy (non-hydrogen) atoms. The van der Waals surface area contributed by atoms with Gasteiger partial charge in [0.15, 0.2) is 11.6 Å². The van der Waals surface area contributed by atoms with E-state index in [4.69, 9.17) is 16.2 Å². The molecule has 0 unspecified atom stereocenters. The third-order valence-corrected chi connectivity index (χ3v) is 6.63. The Morgan fingerprint density at radius 3 is 2.40 bits per heavy atom. The SMILES string of the molecule is COc1ccc(C(=CC(N)=O)c2ccc3nc(N)n(S(=O)(=O)C(C)C)c3c2)cc1F. The zero-order valence-electron chi connectivity index (χ0n) is 16.6. The van der Waals surface area contributed by atoms with Gasteiger partial charge in [-0.25, -0.2) is 21.8 Å². The minimum absolute atomic E-state index is 0.0431. The van der Waals surface area contributed by atoms with Crippen molar-refractivity contribution in [1.82, 2.24) is 8.96 Å². The molecular formula is C20H21FN4O4S. The van der Waals surface area contributed by atoms with Gasteiger partial charge in [0, 0.05) is 6.08 Å². The van der Waals surface area contributed by atoms with Gasteiger partial charge in [-0.15, -0.1) is 0 Å². The minimum atomic E-state index is -3.80. The number of hydrogen-bond acceptors (Lipinski definition) is 6. The van der Waals surface area contributed by atoms with E-state index >= 15 is 0 Å². The van der Waals surface area contributed by atoms with Gasteiger partial charge in [-0.1, -0.05) is 12.1 Å². The number of methoxy groups -OCH3 is 1. The van der Waals surface area contributed by atoms with E-state index in [0.29, 0.717) is 22.2 Å². The van der Waals surface area contributed by atoms with Gasteiger partial charge < -0.3 is 16.2 Å². The Morgan fingerprint density at radius 1 is 1.20 bits per heavy atom. The number of benzene rings is 2. The van der Waals surface area contributed by atoms with Gasteiger partial charge in [0.1, 0.15) is 0 Å². The summed E-state index contributed by atoms with van der Waals surface area (Å²) < 4.78 is 45.7. The third-order valence-electron chi connectivity index (χ3n) is 4.55. The lowest BCUT2D eigenvalue weighted by Crippen LogP contribution is -2.23. The van der Waals surface area contributed by atoms with Crippen LogP contribution in [0.4, 0.5) is 10.3 Å². The summed E-state index contributed by atoms with van der Waals surface area (Å²) in [6, 6.07) is 8.91. The molecule has 10 heteroatoms. The minimum Gasteiger partial charge on any atom is -0.494 e. The average molecular weight is 432 g/mol. The molecule has 0 fully saturated rings. The van der Waals surface area contributed by atoms with Crippen molar-refractivity contribution in [1.29, 1.82) is 0 Å². The Labute approximate surface area is 173 Å². The van der Waals surface area contributed by atoms with Crippen LogP contribution in [0.15, 0.2) is 42.5 Å². The molecule has 1 amide bonds. The highest BCUT2D eigenvalue weighted by molar-refractivity contribution is 7.90. The number of hydrogen-bond donors (Lipinski definition) is 2. The number of amides is 1. The monoisotopic (exact) mass is 432 g/mol. The second kappa shape index (κ2) is 7.79. The summed E-state index contributed by atoms with van der Waals surface area (Å²) in [6.07, 6.45) is 1.14. The van der Waals surface area contributed by atoms with Crippen LogP contribution in [0.25, 0.3) is 16.6 Å². The maximum atomic E-state index is 14.3. The molecule has 0 aliphatic carbocycles. The molecule has 0 atom stereocenters. The van der Waals surface area contributed by atoms with E-state index in [1.54, 1.807) is 18.2 Å². The van der Waals surface area contributed by atoms with E-state index in [9.17, 15) is 17.6 Å². The summed E-state index contributed by atoms with van der Waals surface area (Å²) in [7, 11) is -2.45. The van der Waals surface area contributed by atoms with Crippen LogP contribution < -0.4 is 16.2 Å². The van der Waals surface area contributed by atoms with Crippen LogP contribution >= 0.6 is 0 Å². The Morgan fingerprint density at radius 2 is 1.83 bits per heavy atom. The zero-order chi connectivity index (χ0) is 22.2. The van der Waals surface area contributed by atoms with E-state index < -0.39 is 27.0 Å². The number of nitrogens with zero attached hydrogens (tertiary/aromatic N) is 2. The summed E-state index contributed by atoms with van der Waals surface area (Å²) in [5, 5.41) is -0.739. The molecule has 3 rings (SSSR count). The second-order valence-corrected chi connectivity index (χ2v) is 9.18. The Bertz CT molecular complexity index is 1280. The van der Waals surface area contributed by atoms with Crippen LogP contribution in [-0.4, -0.2) is 35.6 Å². The summed E-state index contributed by atoms with van der Waals surface area (Å²) in [6.45, 7) is 3.06. The van der Waals surface area contributed by atoms with E-state index in [-0.39, 0.29) is 17.2 Å². The molecule has 1 heterocycles. The molecule has 0 saturated heterocycles. The van der Waals surface area contributed by atoms with E-state index in [1.807, 2.05) is 0 Å². The van der Waals surface area contributed by atoms with Gasteiger partial charge >= 0.3 is 0 Å². The molecule has 0 radical (unpaired) electrons. The highest BCUT2D eigenvalue weighted by atomic mass is 32.2. The average Bonchev–Trinajstić information content (AvgIpc) is 3.01. The molecule has 0 spiro atoms. The molecule has 3 aromatic rings. The zero-order valence-corrected chi connectivity index (χ0v) is 17.4. The number of nitrogen functional groups attached to an aromatic ring is 1. The maximum absolute atomic E-state index is 14.3. The fourth-order valence-electron chi connectivity index (χ4n) is 3.03. The van der Waals surface area contributed by atoms with Crippen molar-refractivity contribution >= 4 is 38.5 Å². The van der Waals surface area contributed by atoms with E-state index in [1.165, 1.54) is 39.2 Å². The first-order valence-electron chi connectivity index (χ1n) is 8.94. The molecule has 8 nitrogen and oxygen atoms in total. The summed E-state index contributed by atoms with van der Waals surface area (Å²) >= 11 is 0. The van der Waals surface area contributed by atoms with Crippen LogP contribution in [0.2, 0.25) is 0 Å². The van der Waals surface area contributed by atoms with Crippen molar-refractivity contribution in [3.63, 3.8) is 0 Å². The number of carbonyl (C=O) groups excluding carboxylic acids is 1. The van der Waals surface area contributed by atoms with Gasteiger partial charge in [-0.3, -0.25) is 4.79 Å². The number of anilines is 1. The first kappa shape index (κ1) is 21.3. The first-order chi connectivity index (χ1) is 14.1. The molecule has 158 valence electrons. The molecule has 0 aliphatic heterocycles. The number of fused-ring (bicyclic) bond motifs is 1. The number of nitrogens with two attached hydrogens (primary N) is 2. The van der Waals surface area contributed by atoms with Crippen molar-refractivity contribution in [3.05, 3.63) is 59.4 Å². The summed E-state index contributed by atoms with van der Waals surface area (Å²) in [5.74, 6) is -1.50. The first-order valence-corrected chi connectivity index (χ1v) is 10.4. The lowest BCUT2D eigenvalue weighted by atomic mass is 9.96. The number of halogens is 1. The standard InChI is InChI=1S/C20H21FN4O4S/c1-11(2)30(27,28)25-17-9-13(4-6-16(17)24-20(25)23)14(10-19(22)26)12-5-7-18(29-3)15(21)8-12/h4-11H,1-3H3,(H2,22,26)(H2,23,24). The van der Waals surface area contributed by atoms with Crippen LogP contribution in [0.1, 0.15) is 25.0 Å². The van der Waals surface area contributed by atoms with E-state index in [2.05, 4.69) is 4.98 Å².